The lowest BCUT2D eigenvalue weighted by molar-refractivity contribution is -0.122. The number of nitrogens with two attached hydrogens (primary N) is 1. The molecule has 0 bridgehead atoms. The van der Waals surface area contributed by atoms with Crippen molar-refractivity contribution in [3.05, 3.63) is 77.4 Å². The fourth-order valence-corrected chi connectivity index (χ4v) is 5.04. The van der Waals surface area contributed by atoms with E-state index in [1.54, 1.807) is 31.9 Å². The van der Waals surface area contributed by atoms with E-state index in [2.05, 4.69) is 10.6 Å². The molecule has 8 heteroatoms. The van der Waals surface area contributed by atoms with E-state index in [1.165, 1.54) is 0 Å². The topological polar surface area (TPSA) is 117 Å². The minimum absolute atomic E-state index is 0.218. The number of carbonyl (C=O) groups is 2. The fourth-order valence-electron chi connectivity index (χ4n) is 5.04. The first kappa shape index (κ1) is 30.2. The van der Waals surface area contributed by atoms with Gasteiger partial charge < -0.3 is 31.1 Å². The van der Waals surface area contributed by atoms with Gasteiger partial charge >= 0.3 is 6.09 Å². The van der Waals surface area contributed by atoms with Gasteiger partial charge in [-0.2, -0.15) is 0 Å². The van der Waals surface area contributed by atoms with Crippen LogP contribution in [-0.4, -0.2) is 52.8 Å². The highest BCUT2D eigenvalue weighted by molar-refractivity contribution is 5.86. The third-order valence-electron chi connectivity index (χ3n) is 6.88. The number of ether oxygens (including phenoxy) is 1. The maximum atomic E-state index is 13.3. The number of hydrogen-bond acceptors (Lipinski definition) is 6. The number of hydrogen-bond donors (Lipinski definition) is 4. The molecule has 8 nitrogen and oxygen atoms in total. The Balaban J connectivity index is 1.76. The quantitative estimate of drug-likeness (QED) is 0.376. The number of aliphatic hydroxyl groups is 1. The van der Waals surface area contributed by atoms with Crippen LogP contribution in [0.5, 0.6) is 0 Å². The molecule has 5 N–H and O–H groups in total. The molecule has 0 spiro atoms. The Morgan fingerprint density at radius 1 is 1.13 bits per heavy atom. The molecule has 0 aromatic heterocycles. The normalized spacial score (nSPS) is 20.2. The minimum Gasteiger partial charge on any atom is -0.438 e. The van der Waals surface area contributed by atoms with E-state index in [0.717, 1.165) is 22.4 Å². The number of carbonyl (C=O) groups excluding carboxylic acids is 2. The number of benzene rings is 2. The summed E-state index contributed by atoms with van der Waals surface area (Å²) in [6, 6.07) is 16.5. The van der Waals surface area contributed by atoms with Gasteiger partial charge in [0.05, 0.1) is 11.6 Å². The van der Waals surface area contributed by atoms with Gasteiger partial charge in [0.2, 0.25) is 5.91 Å². The summed E-state index contributed by atoms with van der Waals surface area (Å²) in [4.78, 5) is 27.5. The van der Waals surface area contributed by atoms with Gasteiger partial charge in [0.15, 0.2) is 0 Å². The van der Waals surface area contributed by atoms with Crippen molar-refractivity contribution in [2.24, 2.45) is 5.73 Å². The van der Waals surface area contributed by atoms with Crippen molar-refractivity contribution in [1.82, 2.24) is 15.5 Å². The Kier molecular flexibility index (Phi) is 9.13. The van der Waals surface area contributed by atoms with Crippen LogP contribution in [-0.2, 0) is 15.1 Å². The Morgan fingerprint density at radius 2 is 1.74 bits per heavy atom. The van der Waals surface area contributed by atoms with Crippen LogP contribution >= 0.6 is 0 Å². The van der Waals surface area contributed by atoms with Gasteiger partial charge in [-0.3, -0.25) is 4.79 Å². The van der Waals surface area contributed by atoms with Gasteiger partial charge in [-0.25, -0.2) is 4.79 Å². The standard InChI is InChI=1S/C31H44N4O4/c1-21(22-13-15-23(16-14-22)26(33-7)19-25(32)27(36)34-29(2,3)4)35-18-17-31(39-28(35)37,20-30(5,6)38)24-11-9-8-10-12-24/h8-16,19,21,25,33,38H,17-18,20,32H2,1-7H3,(H,34,36)/b26-19-/t21-,25?,31-/m0/s1. The molecule has 0 aliphatic carbocycles. The van der Waals surface area contributed by atoms with Gasteiger partial charge in [0.25, 0.3) is 0 Å². The van der Waals surface area contributed by atoms with E-state index >= 15 is 0 Å². The third kappa shape index (κ3) is 7.83. The second kappa shape index (κ2) is 11.8. The fraction of sp³-hybridized carbons (Fsp3) is 0.484. The van der Waals surface area contributed by atoms with Gasteiger partial charge in [0, 0.05) is 37.7 Å². The molecule has 1 fully saturated rings. The summed E-state index contributed by atoms with van der Waals surface area (Å²) >= 11 is 0. The summed E-state index contributed by atoms with van der Waals surface area (Å²) in [5.74, 6) is -0.250. The lowest BCUT2D eigenvalue weighted by Gasteiger charge is -2.45. The molecule has 3 atom stereocenters. The van der Waals surface area contributed by atoms with Crippen molar-refractivity contribution >= 4 is 17.7 Å². The zero-order valence-corrected chi connectivity index (χ0v) is 24.2. The van der Waals surface area contributed by atoms with Crippen LogP contribution in [0.3, 0.4) is 0 Å². The van der Waals surface area contributed by atoms with E-state index in [4.69, 9.17) is 10.5 Å². The second-order valence-electron chi connectivity index (χ2n) is 12.1. The molecule has 1 saturated heterocycles. The van der Waals surface area contributed by atoms with Crippen molar-refractivity contribution in [2.75, 3.05) is 13.6 Å². The maximum absolute atomic E-state index is 13.3. The second-order valence-corrected chi connectivity index (χ2v) is 12.1. The van der Waals surface area contributed by atoms with Crippen LogP contribution < -0.4 is 16.4 Å². The van der Waals surface area contributed by atoms with Crippen molar-refractivity contribution in [3.8, 4) is 0 Å². The highest BCUT2D eigenvalue weighted by Crippen LogP contribution is 2.42. The molecule has 2 aromatic rings. The summed E-state index contributed by atoms with van der Waals surface area (Å²) in [5, 5.41) is 16.6. The molecule has 2 aromatic carbocycles. The molecule has 1 aliphatic heterocycles. The summed E-state index contributed by atoms with van der Waals surface area (Å²) in [7, 11) is 1.78. The van der Waals surface area contributed by atoms with Crippen LogP contribution in [0.25, 0.3) is 5.70 Å². The molecule has 3 rings (SSSR count). The highest BCUT2D eigenvalue weighted by Gasteiger charge is 2.46. The van der Waals surface area contributed by atoms with Crippen LogP contribution in [0.1, 0.15) is 77.1 Å². The highest BCUT2D eigenvalue weighted by atomic mass is 16.6. The zero-order valence-electron chi connectivity index (χ0n) is 24.2. The molecule has 0 radical (unpaired) electrons. The molecular formula is C31H44N4O4. The van der Waals surface area contributed by atoms with E-state index < -0.39 is 23.3 Å². The van der Waals surface area contributed by atoms with Gasteiger partial charge in [-0.1, -0.05) is 54.6 Å². The Bertz CT molecular complexity index is 1170. The largest absolute Gasteiger partial charge is 0.438 e. The Labute approximate surface area is 232 Å². The summed E-state index contributed by atoms with van der Waals surface area (Å²) in [6.45, 7) is 11.7. The van der Waals surface area contributed by atoms with Crippen molar-refractivity contribution in [1.29, 1.82) is 0 Å². The molecular weight excluding hydrogens is 492 g/mol. The van der Waals surface area contributed by atoms with Crippen molar-refractivity contribution in [3.63, 3.8) is 0 Å². The third-order valence-corrected chi connectivity index (χ3v) is 6.88. The first-order chi connectivity index (χ1) is 18.1. The van der Waals surface area contributed by atoms with Crippen LogP contribution in [0.2, 0.25) is 0 Å². The first-order valence-corrected chi connectivity index (χ1v) is 13.5. The summed E-state index contributed by atoms with van der Waals surface area (Å²) in [6.07, 6.45) is 2.17. The van der Waals surface area contributed by atoms with Gasteiger partial charge in [-0.15, -0.1) is 0 Å². The number of nitrogens with zero attached hydrogens (tertiary/aromatic N) is 1. The van der Waals surface area contributed by atoms with E-state index in [1.807, 2.05) is 82.3 Å². The average molecular weight is 537 g/mol. The van der Waals surface area contributed by atoms with E-state index in [0.29, 0.717) is 19.4 Å². The number of amides is 2. The molecule has 1 aliphatic rings. The average Bonchev–Trinajstić information content (AvgIpc) is 2.85. The molecule has 2 amide bonds. The molecule has 1 heterocycles. The lowest BCUT2D eigenvalue weighted by atomic mass is 9.80. The SMILES string of the molecule is CN/C(=C\C(N)C(=O)NC(C)(C)C)c1ccc([C@H](C)N2CC[C@](CC(C)(C)O)(c3ccccc3)OC2=O)cc1. The van der Waals surface area contributed by atoms with E-state index in [-0.39, 0.29) is 17.5 Å². The number of nitrogens with one attached hydrogen (secondary N) is 2. The zero-order chi connectivity index (χ0) is 29.0. The predicted octanol–water partition coefficient (Wildman–Crippen LogP) is 4.45. The molecule has 0 saturated carbocycles. The monoisotopic (exact) mass is 536 g/mol. The smallest absolute Gasteiger partial charge is 0.411 e. The number of cyclic esters (lactones) is 1. The molecule has 1 unspecified atom stereocenters. The van der Waals surface area contributed by atoms with Crippen LogP contribution in [0, 0.1) is 0 Å². The van der Waals surface area contributed by atoms with Crippen molar-refractivity contribution < 1.29 is 19.4 Å². The first-order valence-electron chi connectivity index (χ1n) is 13.5. The van der Waals surface area contributed by atoms with E-state index in [9.17, 15) is 14.7 Å². The Morgan fingerprint density at radius 3 is 2.26 bits per heavy atom. The van der Waals surface area contributed by atoms with Crippen LogP contribution in [0.4, 0.5) is 4.79 Å². The lowest BCUT2D eigenvalue weighted by Crippen LogP contribution is -2.51. The van der Waals surface area contributed by atoms with Gasteiger partial charge in [0.1, 0.15) is 11.6 Å². The van der Waals surface area contributed by atoms with Crippen LogP contribution in [0.15, 0.2) is 60.7 Å². The van der Waals surface area contributed by atoms with Crippen molar-refractivity contribution in [2.45, 2.75) is 83.2 Å². The Hall–Kier alpha value is -3.36. The predicted molar refractivity (Wildman–Crippen MR) is 155 cm³/mol. The molecule has 39 heavy (non-hydrogen) atoms. The summed E-state index contributed by atoms with van der Waals surface area (Å²) in [5.41, 5.74) is 7.32. The van der Waals surface area contributed by atoms with Gasteiger partial charge in [-0.05, 0) is 64.3 Å². The molecule has 212 valence electrons. The summed E-state index contributed by atoms with van der Waals surface area (Å²) < 4.78 is 6.13. The minimum atomic E-state index is -1.01. The number of rotatable bonds is 9. The maximum Gasteiger partial charge on any atom is 0.411 e.